The van der Waals surface area contributed by atoms with Crippen molar-refractivity contribution in [3.63, 3.8) is 0 Å². The Hall–Kier alpha value is -14.3. The first-order valence-electron chi connectivity index (χ1n) is 35.8. The van der Waals surface area contributed by atoms with Gasteiger partial charge in [0.15, 0.2) is 40.5 Å². The van der Waals surface area contributed by atoms with Crippen LogP contribution in [0.5, 0.6) is 0 Å². The Morgan fingerprint density at radius 3 is 1.28 bits per heavy atom. The lowest BCUT2D eigenvalue weighted by molar-refractivity contribution is 0.670. The lowest BCUT2D eigenvalue weighted by Gasteiger charge is -2.13. The molecule has 0 atom stereocenters. The highest BCUT2D eigenvalue weighted by Crippen LogP contribution is 2.48. The van der Waals surface area contributed by atoms with Crippen molar-refractivity contribution in [2.24, 2.45) is 0 Å². The maximum atomic E-state index is 7.06. The zero-order valence-electron chi connectivity index (χ0n) is 57.1. The number of rotatable bonds is 8. The molecule has 7 heterocycles. The zero-order chi connectivity index (χ0) is 70.2. The molecule has 23 aromatic rings. The molecule has 11 heteroatoms. The van der Waals surface area contributed by atoms with Crippen LogP contribution in [0, 0.1) is 0 Å². The third-order valence-electron chi connectivity index (χ3n) is 21.0. The van der Waals surface area contributed by atoms with Crippen LogP contribution in [0.2, 0.25) is 0 Å². The highest BCUT2D eigenvalue weighted by molar-refractivity contribution is 7.26. The van der Waals surface area contributed by atoms with Crippen molar-refractivity contribution in [3.05, 3.63) is 340 Å². The van der Waals surface area contributed by atoms with Crippen molar-refractivity contribution in [2.45, 2.75) is 0 Å². The third kappa shape index (κ3) is 9.65. The van der Waals surface area contributed by atoms with Crippen LogP contribution in [0.4, 0.5) is 0 Å². The number of benzene rings is 16. The molecule has 16 aromatic carbocycles. The number of hydrogen-bond acceptors (Lipinski definition) is 9. The highest BCUT2D eigenvalue weighted by Gasteiger charge is 2.26. The van der Waals surface area contributed by atoms with Gasteiger partial charge in [0.05, 0.1) is 39.0 Å². The number of aromatic nitrogens is 8. The van der Waals surface area contributed by atoms with Crippen molar-refractivity contribution >= 4 is 151 Å². The van der Waals surface area contributed by atoms with E-state index in [1.165, 1.54) is 58.0 Å². The lowest BCUT2D eigenvalue weighted by Crippen LogP contribution is -2.00. The van der Waals surface area contributed by atoms with Gasteiger partial charge in [-0.2, -0.15) is 0 Å². The number of hydrogen-bond donors (Lipinski definition) is 0. The Labute approximate surface area is 614 Å². The minimum Gasteiger partial charge on any atom is -0.455 e. The van der Waals surface area contributed by atoms with Crippen LogP contribution in [0.3, 0.4) is 0 Å². The summed E-state index contributed by atoms with van der Waals surface area (Å²) in [5.74, 6) is 3.68. The molecular formula is C96H56N8O2S. The van der Waals surface area contributed by atoms with E-state index in [0.717, 1.165) is 127 Å². The Bertz CT molecular complexity index is 7460. The summed E-state index contributed by atoms with van der Waals surface area (Å²) >= 11 is 1.87. The van der Waals surface area contributed by atoms with Gasteiger partial charge in [-0.3, -0.25) is 0 Å². The van der Waals surface area contributed by atoms with Gasteiger partial charge < -0.3 is 18.0 Å². The molecule has 10 nitrogen and oxygen atoms in total. The monoisotopic (exact) mass is 1380 g/mol. The molecule has 0 aliphatic rings. The van der Waals surface area contributed by atoms with Gasteiger partial charge in [-0.25, -0.2) is 29.9 Å². The summed E-state index contributed by atoms with van der Waals surface area (Å²) in [5.41, 5.74) is 15.5. The fourth-order valence-corrected chi connectivity index (χ4v) is 17.5. The van der Waals surface area contributed by atoms with E-state index in [-0.39, 0.29) is 0 Å². The molecule has 0 spiro atoms. The highest BCUT2D eigenvalue weighted by atomic mass is 32.1. The average molecular weight is 1390 g/mol. The van der Waals surface area contributed by atoms with Crippen LogP contribution in [-0.4, -0.2) is 39.0 Å². The summed E-state index contributed by atoms with van der Waals surface area (Å²) in [6.45, 7) is 0. The maximum Gasteiger partial charge on any atom is 0.167 e. The molecule has 0 aliphatic heterocycles. The second kappa shape index (κ2) is 24.2. The van der Waals surface area contributed by atoms with E-state index >= 15 is 0 Å². The summed E-state index contributed by atoms with van der Waals surface area (Å²) in [6, 6.07) is 119. The largest absolute Gasteiger partial charge is 0.455 e. The summed E-state index contributed by atoms with van der Waals surface area (Å²) in [6.07, 6.45) is 0. The Kier molecular flexibility index (Phi) is 13.6. The Morgan fingerprint density at radius 1 is 0.224 bits per heavy atom. The minimum absolute atomic E-state index is 0.566. The first-order valence-corrected chi connectivity index (χ1v) is 36.6. The molecule has 0 radical (unpaired) electrons. The fraction of sp³-hybridized carbons (Fsp3) is 0. The Balaban J connectivity index is 0.000000133. The average Bonchev–Trinajstić information content (AvgIpc) is 1.58. The standard InChI is InChI=1S/C49H28N4OS.C47H28N4O/c1-3-14-29(15-4-1)47-50-48(30-16-5-2-6-17-30)52-49(51-47)38-28-37-34-22-13-24-41(45(34)54-44(37)33-20-8-7-18-31(33)38)53-39-23-11-9-21-36(39)43-40(53)27-26-35-32-19-10-12-25-42(32)55-46(35)43;1-3-14-29(15-4-1)45-48-46(30-16-5-2-6-17-30)50-47(49-45)37-24-13-23-36-39-28-42(33-20-9-10-22-35(33)44(39)52-43(36)37)51-40-25-12-11-21-34(40)38-26-31-18-7-8-19-32(31)27-41(38)51/h1-28H;1-28H. The minimum atomic E-state index is 0.566. The van der Waals surface area contributed by atoms with Gasteiger partial charge in [-0.05, 0) is 76.8 Å². The van der Waals surface area contributed by atoms with Gasteiger partial charge in [-0.15, -0.1) is 11.3 Å². The van der Waals surface area contributed by atoms with Crippen LogP contribution in [-0.2, 0) is 0 Å². The quantitative estimate of drug-likeness (QED) is 0.148. The van der Waals surface area contributed by atoms with Gasteiger partial charge in [0.1, 0.15) is 16.7 Å². The smallest absolute Gasteiger partial charge is 0.167 e. The van der Waals surface area contributed by atoms with E-state index in [4.69, 9.17) is 38.7 Å². The summed E-state index contributed by atoms with van der Waals surface area (Å²) in [7, 11) is 0. The van der Waals surface area contributed by atoms with Gasteiger partial charge in [0, 0.05) is 107 Å². The van der Waals surface area contributed by atoms with Crippen molar-refractivity contribution < 1.29 is 8.83 Å². The molecule has 0 saturated carbocycles. The van der Waals surface area contributed by atoms with Gasteiger partial charge >= 0.3 is 0 Å². The molecular weight excluding hydrogens is 1330 g/mol. The lowest BCUT2D eigenvalue weighted by atomic mass is 9.99. The van der Waals surface area contributed by atoms with E-state index in [1.807, 2.05) is 139 Å². The summed E-state index contributed by atoms with van der Waals surface area (Å²) < 4.78 is 21.4. The first kappa shape index (κ1) is 60.3. The van der Waals surface area contributed by atoms with Gasteiger partial charge in [0.2, 0.25) is 0 Å². The molecule has 0 aliphatic carbocycles. The number of thiophene rings is 1. The molecule has 0 bridgehead atoms. The summed E-state index contributed by atoms with van der Waals surface area (Å²) in [4.78, 5) is 30.2. The zero-order valence-corrected chi connectivity index (χ0v) is 58.0. The maximum absolute atomic E-state index is 7.06. The van der Waals surface area contributed by atoms with Crippen LogP contribution in [0.1, 0.15) is 0 Å². The molecule has 23 rings (SSSR count). The molecule has 7 aromatic heterocycles. The molecule has 498 valence electrons. The van der Waals surface area contributed by atoms with E-state index in [9.17, 15) is 0 Å². The predicted octanol–water partition coefficient (Wildman–Crippen LogP) is 25.6. The number of nitrogens with zero attached hydrogens (tertiary/aromatic N) is 8. The topological polar surface area (TPSA) is 113 Å². The second-order valence-corrected chi connectivity index (χ2v) is 28.2. The molecule has 107 heavy (non-hydrogen) atoms. The third-order valence-corrected chi connectivity index (χ3v) is 22.3. The number of furan rings is 2. The summed E-state index contributed by atoms with van der Waals surface area (Å²) in [5, 5.41) is 18.3. The van der Waals surface area contributed by atoms with Crippen molar-refractivity contribution in [3.8, 4) is 79.7 Å². The van der Waals surface area contributed by atoms with Crippen LogP contribution in [0.25, 0.3) is 220 Å². The number of fused-ring (bicyclic) bond motifs is 21. The molecule has 0 unspecified atom stereocenters. The SMILES string of the molecule is c1ccc(-c2nc(-c3ccccc3)nc(-c3cc4c5cccc(-n6c7ccccc7c7c8sc9ccccc9c8ccc76)c5oc4c4ccccc34)n2)cc1.c1ccc(-c2nc(-c3ccccc3)nc(-c3cccc4c3oc3c5ccccc5c(-n5c6ccccc6c6cc7ccccc7cc65)cc43)n2)cc1. The van der Waals surface area contributed by atoms with Crippen molar-refractivity contribution in [1.82, 2.24) is 39.0 Å². The molecule has 0 fully saturated rings. The molecule has 0 amide bonds. The normalized spacial score (nSPS) is 11.9. The molecule has 0 saturated heterocycles. The second-order valence-electron chi connectivity index (χ2n) is 27.1. The Morgan fingerprint density at radius 2 is 0.654 bits per heavy atom. The fourth-order valence-electron chi connectivity index (χ4n) is 16.2. The first-order chi connectivity index (χ1) is 53.1. The van der Waals surface area contributed by atoms with E-state index < -0.39 is 0 Å². The number of para-hydroxylation sites is 4. The van der Waals surface area contributed by atoms with E-state index in [1.54, 1.807) is 0 Å². The van der Waals surface area contributed by atoms with Crippen molar-refractivity contribution in [2.75, 3.05) is 0 Å². The van der Waals surface area contributed by atoms with E-state index in [0.29, 0.717) is 34.9 Å². The van der Waals surface area contributed by atoms with Crippen LogP contribution < -0.4 is 0 Å². The van der Waals surface area contributed by atoms with Crippen molar-refractivity contribution in [1.29, 1.82) is 0 Å². The van der Waals surface area contributed by atoms with Gasteiger partial charge in [0.25, 0.3) is 0 Å². The van der Waals surface area contributed by atoms with E-state index in [2.05, 4.69) is 221 Å². The predicted molar refractivity (Wildman–Crippen MR) is 441 cm³/mol. The molecule has 0 N–H and O–H groups in total. The van der Waals surface area contributed by atoms with Crippen LogP contribution in [0.15, 0.2) is 349 Å². The van der Waals surface area contributed by atoms with Gasteiger partial charge in [-0.1, -0.05) is 279 Å². The van der Waals surface area contributed by atoms with Crippen LogP contribution >= 0.6 is 11.3 Å².